The molecular formula is C10H15F2N3O. The number of anilines is 2. The molecule has 1 aromatic heterocycles. The Labute approximate surface area is 92.7 Å². The van der Waals surface area contributed by atoms with Crippen LogP contribution in [-0.4, -0.2) is 35.7 Å². The van der Waals surface area contributed by atoms with E-state index in [4.69, 9.17) is 5.11 Å². The third kappa shape index (κ3) is 3.98. The predicted molar refractivity (Wildman–Crippen MR) is 58.9 cm³/mol. The van der Waals surface area contributed by atoms with Gasteiger partial charge in [-0.05, 0) is 13.0 Å². The minimum atomic E-state index is -3.11. The number of halogens is 2. The van der Waals surface area contributed by atoms with Crippen LogP contribution in [0.15, 0.2) is 18.3 Å². The van der Waals surface area contributed by atoms with E-state index in [1.54, 1.807) is 12.1 Å². The second kappa shape index (κ2) is 5.60. The zero-order valence-corrected chi connectivity index (χ0v) is 9.00. The predicted octanol–water partition coefficient (Wildman–Crippen LogP) is 1.55. The molecule has 1 aromatic rings. The average molecular weight is 231 g/mol. The topological polar surface area (TPSA) is 57.2 Å². The molecule has 1 rings (SSSR count). The van der Waals surface area contributed by atoms with Crippen molar-refractivity contribution >= 4 is 11.5 Å². The average Bonchev–Trinajstić information content (AvgIpc) is 2.28. The maximum absolute atomic E-state index is 12.7. The van der Waals surface area contributed by atoms with Gasteiger partial charge in [0, 0.05) is 24.5 Å². The van der Waals surface area contributed by atoms with Gasteiger partial charge in [-0.15, -0.1) is 0 Å². The van der Waals surface area contributed by atoms with Crippen molar-refractivity contribution in [3.05, 3.63) is 18.3 Å². The van der Waals surface area contributed by atoms with Gasteiger partial charge in [0.1, 0.15) is 12.4 Å². The summed E-state index contributed by atoms with van der Waals surface area (Å²) in [4.78, 5) is 4.01. The van der Waals surface area contributed by atoms with Crippen molar-refractivity contribution < 1.29 is 13.9 Å². The molecule has 4 nitrogen and oxygen atoms in total. The van der Waals surface area contributed by atoms with Crippen LogP contribution in [0, 0.1) is 0 Å². The molecule has 0 aliphatic rings. The molecule has 0 atom stereocenters. The molecule has 0 amide bonds. The van der Waals surface area contributed by atoms with Gasteiger partial charge in [-0.2, -0.15) is 0 Å². The Hall–Kier alpha value is -1.43. The fraction of sp³-hybridized carbons (Fsp3) is 0.500. The Bertz CT molecular complexity index is 334. The van der Waals surface area contributed by atoms with Crippen molar-refractivity contribution in [3.63, 3.8) is 0 Å². The number of aromatic nitrogens is 1. The zero-order valence-electron chi connectivity index (χ0n) is 9.00. The van der Waals surface area contributed by atoms with Gasteiger partial charge >= 0.3 is 0 Å². The van der Waals surface area contributed by atoms with Crippen molar-refractivity contribution in [1.82, 2.24) is 4.98 Å². The number of nitrogens with one attached hydrogen (secondary N) is 2. The highest BCUT2D eigenvalue weighted by Crippen LogP contribution is 2.16. The van der Waals surface area contributed by atoms with Gasteiger partial charge in [0.05, 0.1) is 6.54 Å². The molecule has 6 heteroatoms. The minimum Gasteiger partial charge on any atom is -0.390 e. The first-order valence-corrected chi connectivity index (χ1v) is 5.00. The van der Waals surface area contributed by atoms with Crippen molar-refractivity contribution in [2.75, 3.05) is 30.3 Å². The maximum Gasteiger partial charge on any atom is 0.287 e. The summed E-state index contributed by atoms with van der Waals surface area (Å²) in [6, 6.07) is 3.23. The van der Waals surface area contributed by atoms with E-state index in [9.17, 15) is 8.78 Å². The van der Waals surface area contributed by atoms with Crippen LogP contribution in [0.2, 0.25) is 0 Å². The van der Waals surface area contributed by atoms with Gasteiger partial charge in [-0.1, -0.05) is 0 Å². The first-order chi connectivity index (χ1) is 7.57. The molecule has 0 spiro atoms. The molecule has 0 fully saturated rings. The lowest BCUT2D eigenvalue weighted by Gasteiger charge is -2.15. The summed E-state index contributed by atoms with van der Waals surface area (Å²) in [5, 5.41) is 13.9. The number of hydrogen-bond donors (Lipinski definition) is 3. The number of nitrogens with zero attached hydrogens (tertiary/aromatic N) is 1. The fourth-order valence-electron chi connectivity index (χ4n) is 1.11. The summed E-state index contributed by atoms with van der Waals surface area (Å²) in [7, 11) is 0. The van der Waals surface area contributed by atoms with Gasteiger partial charge in [0.25, 0.3) is 5.92 Å². The second-order valence-electron chi connectivity index (χ2n) is 3.33. The summed E-state index contributed by atoms with van der Waals surface area (Å²) < 4.78 is 25.5. The van der Waals surface area contributed by atoms with E-state index in [0.717, 1.165) is 0 Å². The molecule has 90 valence electrons. The normalized spacial score (nSPS) is 11.2. The van der Waals surface area contributed by atoms with Gasteiger partial charge in [-0.3, -0.25) is 0 Å². The molecule has 0 bridgehead atoms. The Morgan fingerprint density at radius 3 is 2.81 bits per heavy atom. The first kappa shape index (κ1) is 12.6. The summed E-state index contributed by atoms with van der Waals surface area (Å²) >= 11 is 0. The van der Waals surface area contributed by atoms with E-state index in [0.29, 0.717) is 18.1 Å². The molecule has 0 unspecified atom stereocenters. The summed E-state index contributed by atoms with van der Waals surface area (Å²) in [5.74, 6) is -2.48. The fourth-order valence-corrected chi connectivity index (χ4v) is 1.11. The van der Waals surface area contributed by atoms with Crippen LogP contribution >= 0.6 is 0 Å². The Balaban J connectivity index is 2.57. The summed E-state index contributed by atoms with van der Waals surface area (Å²) in [6.07, 6.45) is 1.53. The number of aliphatic hydroxyl groups excluding tert-OH is 1. The molecular weight excluding hydrogens is 216 g/mol. The second-order valence-corrected chi connectivity index (χ2v) is 3.33. The number of aliphatic hydroxyl groups is 1. The van der Waals surface area contributed by atoms with Crippen molar-refractivity contribution in [1.29, 1.82) is 0 Å². The van der Waals surface area contributed by atoms with E-state index < -0.39 is 19.1 Å². The Morgan fingerprint density at radius 1 is 1.44 bits per heavy atom. The van der Waals surface area contributed by atoms with Crippen molar-refractivity contribution in [2.24, 2.45) is 0 Å². The lowest BCUT2D eigenvalue weighted by Crippen LogP contribution is -2.31. The highest BCUT2D eigenvalue weighted by molar-refractivity contribution is 5.51. The molecule has 0 aromatic carbocycles. The molecule has 1 heterocycles. The van der Waals surface area contributed by atoms with Gasteiger partial charge in [0.15, 0.2) is 0 Å². The standard InChI is InChI=1S/C10H15F2N3O/c1-2-13-9-5-8(3-4-14-9)15-6-10(11,12)7-16/h3-5,16H,2,6-7H2,1H3,(H2,13,14,15). The number of pyridine rings is 1. The van der Waals surface area contributed by atoms with Crippen LogP contribution in [-0.2, 0) is 0 Å². The van der Waals surface area contributed by atoms with Crippen LogP contribution in [0.1, 0.15) is 6.92 Å². The van der Waals surface area contributed by atoms with Crippen molar-refractivity contribution in [2.45, 2.75) is 12.8 Å². The molecule has 0 radical (unpaired) electrons. The van der Waals surface area contributed by atoms with E-state index in [-0.39, 0.29) is 0 Å². The van der Waals surface area contributed by atoms with E-state index >= 15 is 0 Å². The first-order valence-electron chi connectivity index (χ1n) is 5.00. The van der Waals surface area contributed by atoms with Gasteiger partial charge in [0.2, 0.25) is 0 Å². The number of alkyl halides is 2. The summed E-state index contributed by atoms with van der Waals surface area (Å²) in [5.41, 5.74) is 0.541. The monoisotopic (exact) mass is 231 g/mol. The summed E-state index contributed by atoms with van der Waals surface area (Å²) in [6.45, 7) is 0.870. The molecule has 3 N–H and O–H groups in total. The van der Waals surface area contributed by atoms with E-state index in [1.807, 2.05) is 6.92 Å². The highest BCUT2D eigenvalue weighted by atomic mass is 19.3. The van der Waals surface area contributed by atoms with Crippen LogP contribution in [0.25, 0.3) is 0 Å². The van der Waals surface area contributed by atoms with Crippen LogP contribution in [0.4, 0.5) is 20.3 Å². The highest BCUT2D eigenvalue weighted by Gasteiger charge is 2.27. The SMILES string of the molecule is CCNc1cc(NCC(F)(F)CO)ccn1. The third-order valence-electron chi connectivity index (χ3n) is 1.90. The molecule has 16 heavy (non-hydrogen) atoms. The molecule has 0 aliphatic carbocycles. The molecule has 0 saturated carbocycles. The smallest absolute Gasteiger partial charge is 0.287 e. The Morgan fingerprint density at radius 2 is 2.19 bits per heavy atom. The van der Waals surface area contributed by atoms with E-state index in [2.05, 4.69) is 15.6 Å². The zero-order chi connectivity index (χ0) is 12.0. The lowest BCUT2D eigenvalue weighted by atomic mass is 10.3. The largest absolute Gasteiger partial charge is 0.390 e. The Kier molecular flexibility index (Phi) is 4.42. The van der Waals surface area contributed by atoms with E-state index in [1.165, 1.54) is 6.20 Å². The quantitative estimate of drug-likeness (QED) is 0.695. The molecule has 0 aliphatic heterocycles. The number of hydrogen-bond acceptors (Lipinski definition) is 4. The van der Waals surface area contributed by atoms with Crippen LogP contribution in [0.3, 0.4) is 0 Å². The van der Waals surface area contributed by atoms with Gasteiger partial charge in [-0.25, -0.2) is 13.8 Å². The third-order valence-corrected chi connectivity index (χ3v) is 1.90. The van der Waals surface area contributed by atoms with Crippen molar-refractivity contribution in [3.8, 4) is 0 Å². The lowest BCUT2D eigenvalue weighted by molar-refractivity contribution is -0.0372. The maximum atomic E-state index is 12.7. The van der Waals surface area contributed by atoms with Gasteiger partial charge < -0.3 is 15.7 Å². The number of rotatable bonds is 6. The minimum absolute atomic E-state index is 0.541. The molecule has 0 saturated heterocycles. The van der Waals surface area contributed by atoms with Crippen LogP contribution in [0.5, 0.6) is 0 Å². The van der Waals surface area contributed by atoms with Crippen LogP contribution < -0.4 is 10.6 Å².